The van der Waals surface area contributed by atoms with Crippen molar-refractivity contribution < 1.29 is 0 Å². The highest BCUT2D eigenvalue weighted by atomic mass is 79.9. The van der Waals surface area contributed by atoms with Gasteiger partial charge in [-0.2, -0.15) is 5.10 Å². The first-order chi connectivity index (χ1) is 10.7. The van der Waals surface area contributed by atoms with Crippen molar-refractivity contribution >= 4 is 15.9 Å². The van der Waals surface area contributed by atoms with Gasteiger partial charge in [0, 0.05) is 16.1 Å². The fourth-order valence-electron chi connectivity index (χ4n) is 2.79. The maximum Gasteiger partial charge on any atom is 0.268 e. The van der Waals surface area contributed by atoms with Crippen molar-refractivity contribution in [2.24, 2.45) is 0 Å². The summed E-state index contributed by atoms with van der Waals surface area (Å²) in [6.45, 7) is 2.69. The molecule has 2 aromatic rings. The lowest BCUT2D eigenvalue weighted by Crippen LogP contribution is -2.34. The Morgan fingerprint density at radius 2 is 1.64 bits per heavy atom. The Balaban J connectivity index is 1.83. The molecule has 1 saturated heterocycles. The predicted octanol–water partition coefficient (Wildman–Crippen LogP) is 3.51. The number of hydrogen-bond acceptors (Lipinski definition) is 3. The molecule has 0 saturated carbocycles. The molecule has 0 aliphatic carbocycles. The Bertz CT molecular complexity index is 673. The molecule has 1 aromatic carbocycles. The Morgan fingerprint density at radius 3 is 2.32 bits per heavy atom. The Kier molecular flexibility index (Phi) is 5.05. The molecule has 1 aromatic heterocycles. The molecule has 1 aliphatic rings. The van der Waals surface area contributed by atoms with Gasteiger partial charge in [0.25, 0.3) is 5.56 Å². The first-order valence-corrected chi connectivity index (χ1v) is 8.58. The van der Waals surface area contributed by atoms with Gasteiger partial charge in [-0.15, -0.1) is 0 Å². The minimum atomic E-state index is -0.0369. The topological polar surface area (TPSA) is 38.1 Å². The highest BCUT2D eigenvalue weighted by molar-refractivity contribution is 9.10. The minimum absolute atomic E-state index is 0.0369. The summed E-state index contributed by atoms with van der Waals surface area (Å²) in [5.41, 5.74) is 1.82. The number of benzene rings is 1. The monoisotopic (exact) mass is 361 g/mol. The maximum absolute atomic E-state index is 12.1. The van der Waals surface area contributed by atoms with Gasteiger partial charge in [0.1, 0.15) is 0 Å². The lowest BCUT2D eigenvalue weighted by Gasteiger charge is -2.20. The van der Waals surface area contributed by atoms with Crippen molar-refractivity contribution in [3.63, 3.8) is 0 Å². The number of hydrogen-bond donors (Lipinski definition) is 0. The molecular formula is C17H20BrN3O. The molecule has 1 fully saturated rings. The molecule has 116 valence electrons. The van der Waals surface area contributed by atoms with Crippen LogP contribution in [0.15, 0.2) is 45.7 Å². The van der Waals surface area contributed by atoms with Crippen LogP contribution >= 0.6 is 15.9 Å². The maximum atomic E-state index is 12.1. The number of nitrogens with zero attached hydrogens (tertiary/aromatic N) is 3. The largest absolute Gasteiger partial charge is 0.284 e. The van der Waals surface area contributed by atoms with E-state index in [9.17, 15) is 4.79 Å². The van der Waals surface area contributed by atoms with Crippen molar-refractivity contribution in [2.45, 2.75) is 32.4 Å². The number of aromatic nitrogens is 2. The van der Waals surface area contributed by atoms with E-state index < -0.39 is 0 Å². The molecule has 0 radical (unpaired) electrons. The second-order valence-corrected chi connectivity index (χ2v) is 6.65. The van der Waals surface area contributed by atoms with Crippen LogP contribution in [0.5, 0.6) is 0 Å². The SMILES string of the molecule is O=c1ccc(-c2ccc(Br)cc2)nn1CN1CCCCCC1. The summed E-state index contributed by atoms with van der Waals surface area (Å²) in [6.07, 6.45) is 5.00. The normalized spacial score (nSPS) is 16.4. The van der Waals surface area contributed by atoms with Crippen LogP contribution < -0.4 is 5.56 Å². The quantitative estimate of drug-likeness (QED) is 0.839. The summed E-state index contributed by atoms with van der Waals surface area (Å²) in [7, 11) is 0. The van der Waals surface area contributed by atoms with E-state index in [-0.39, 0.29) is 5.56 Å². The second kappa shape index (κ2) is 7.20. The van der Waals surface area contributed by atoms with Crippen LogP contribution in [0.2, 0.25) is 0 Å². The first kappa shape index (κ1) is 15.4. The Labute approximate surface area is 138 Å². The molecule has 0 amide bonds. The third-order valence-corrected chi connectivity index (χ3v) is 4.57. The molecule has 0 unspecified atom stereocenters. The minimum Gasteiger partial charge on any atom is -0.284 e. The van der Waals surface area contributed by atoms with E-state index in [2.05, 4.69) is 25.9 Å². The van der Waals surface area contributed by atoms with Gasteiger partial charge in [-0.3, -0.25) is 9.69 Å². The van der Waals surface area contributed by atoms with Gasteiger partial charge in [0.2, 0.25) is 0 Å². The fraction of sp³-hybridized carbons (Fsp3) is 0.412. The van der Waals surface area contributed by atoms with E-state index in [1.807, 2.05) is 24.3 Å². The molecule has 0 N–H and O–H groups in total. The predicted molar refractivity (Wildman–Crippen MR) is 91.7 cm³/mol. The zero-order valence-electron chi connectivity index (χ0n) is 12.5. The van der Waals surface area contributed by atoms with Crippen LogP contribution in [0.1, 0.15) is 25.7 Å². The second-order valence-electron chi connectivity index (χ2n) is 5.74. The lowest BCUT2D eigenvalue weighted by atomic mass is 10.1. The third kappa shape index (κ3) is 3.84. The third-order valence-electron chi connectivity index (χ3n) is 4.04. The van der Waals surface area contributed by atoms with E-state index >= 15 is 0 Å². The molecule has 0 atom stereocenters. The molecule has 3 rings (SSSR count). The average molecular weight is 362 g/mol. The standard InChI is InChI=1S/C17H20BrN3O/c18-15-7-5-14(6-8-15)16-9-10-17(22)21(19-16)13-20-11-3-1-2-4-12-20/h5-10H,1-4,11-13H2. The lowest BCUT2D eigenvalue weighted by molar-refractivity contribution is 0.210. The highest BCUT2D eigenvalue weighted by Crippen LogP contribution is 2.19. The van der Waals surface area contributed by atoms with Gasteiger partial charge < -0.3 is 0 Å². The van der Waals surface area contributed by atoms with E-state index in [4.69, 9.17) is 0 Å². The number of halogens is 1. The van der Waals surface area contributed by atoms with Gasteiger partial charge in [-0.1, -0.05) is 40.9 Å². The summed E-state index contributed by atoms with van der Waals surface area (Å²) in [5, 5.41) is 4.54. The van der Waals surface area contributed by atoms with E-state index in [1.54, 1.807) is 16.8 Å². The first-order valence-electron chi connectivity index (χ1n) is 7.79. The molecule has 5 heteroatoms. The van der Waals surface area contributed by atoms with Crippen LogP contribution in [-0.2, 0) is 6.67 Å². The van der Waals surface area contributed by atoms with Gasteiger partial charge >= 0.3 is 0 Å². The average Bonchev–Trinajstić information content (AvgIpc) is 2.79. The van der Waals surface area contributed by atoms with Crippen molar-refractivity contribution in [1.82, 2.24) is 14.7 Å². The fourth-order valence-corrected chi connectivity index (χ4v) is 3.06. The Morgan fingerprint density at radius 1 is 0.955 bits per heavy atom. The smallest absolute Gasteiger partial charge is 0.268 e. The number of rotatable bonds is 3. The molecule has 22 heavy (non-hydrogen) atoms. The van der Waals surface area contributed by atoms with Crippen LogP contribution in [0.3, 0.4) is 0 Å². The summed E-state index contributed by atoms with van der Waals surface area (Å²) in [6, 6.07) is 11.4. The van der Waals surface area contributed by atoms with Crippen LogP contribution in [0.25, 0.3) is 11.3 Å². The van der Waals surface area contributed by atoms with Gasteiger partial charge in [-0.25, -0.2) is 4.68 Å². The zero-order valence-corrected chi connectivity index (χ0v) is 14.1. The van der Waals surface area contributed by atoms with Crippen molar-refractivity contribution in [2.75, 3.05) is 13.1 Å². The van der Waals surface area contributed by atoms with Crippen LogP contribution in [0.4, 0.5) is 0 Å². The zero-order chi connectivity index (χ0) is 15.4. The van der Waals surface area contributed by atoms with Crippen molar-refractivity contribution in [1.29, 1.82) is 0 Å². The summed E-state index contributed by atoms with van der Waals surface area (Å²) < 4.78 is 2.62. The summed E-state index contributed by atoms with van der Waals surface area (Å²) in [4.78, 5) is 14.4. The molecule has 2 heterocycles. The molecule has 1 aliphatic heterocycles. The van der Waals surface area contributed by atoms with Crippen LogP contribution in [0, 0.1) is 0 Å². The van der Waals surface area contributed by atoms with E-state index in [1.165, 1.54) is 25.7 Å². The van der Waals surface area contributed by atoms with Gasteiger partial charge in [0.15, 0.2) is 0 Å². The van der Waals surface area contributed by atoms with Gasteiger partial charge in [0.05, 0.1) is 12.4 Å². The summed E-state index contributed by atoms with van der Waals surface area (Å²) >= 11 is 3.43. The van der Waals surface area contributed by atoms with E-state index in [0.717, 1.165) is 28.8 Å². The summed E-state index contributed by atoms with van der Waals surface area (Å²) in [5.74, 6) is 0. The molecular weight excluding hydrogens is 342 g/mol. The Hall–Kier alpha value is -1.46. The van der Waals surface area contributed by atoms with Crippen LogP contribution in [-0.4, -0.2) is 27.8 Å². The molecule has 4 nitrogen and oxygen atoms in total. The van der Waals surface area contributed by atoms with Gasteiger partial charge in [-0.05, 0) is 44.1 Å². The molecule has 0 spiro atoms. The van der Waals surface area contributed by atoms with E-state index in [0.29, 0.717) is 6.67 Å². The highest BCUT2D eigenvalue weighted by Gasteiger charge is 2.11. The molecule has 0 bridgehead atoms. The van der Waals surface area contributed by atoms with Crippen molar-refractivity contribution in [3.05, 3.63) is 51.2 Å². The van der Waals surface area contributed by atoms with Crippen molar-refractivity contribution in [3.8, 4) is 11.3 Å². The number of likely N-dealkylation sites (tertiary alicyclic amines) is 1.